The molecule has 2 N–H and O–H groups in total. The van der Waals surface area contributed by atoms with Gasteiger partial charge in [-0.2, -0.15) is 0 Å². The van der Waals surface area contributed by atoms with E-state index in [0.717, 1.165) is 30.5 Å². The number of ether oxygens (including phenoxy) is 3. The molecule has 6 heteroatoms. The molecule has 1 heterocycles. The van der Waals surface area contributed by atoms with Crippen LogP contribution in [0.5, 0.6) is 11.5 Å². The summed E-state index contributed by atoms with van der Waals surface area (Å²) < 4.78 is 16.3. The minimum Gasteiger partial charge on any atom is -0.454 e. The van der Waals surface area contributed by atoms with Gasteiger partial charge in [0.15, 0.2) is 17.5 Å². The van der Waals surface area contributed by atoms with E-state index < -0.39 is 0 Å². The first-order valence-electron chi connectivity index (χ1n) is 8.75. The highest BCUT2D eigenvalue weighted by Gasteiger charge is 2.24. The fourth-order valence-electron chi connectivity index (χ4n) is 2.40. The Morgan fingerprint density at radius 2 is 1.88 bits per heavy atom. The van der Waals surface area contributed by atoms with Crippen molar-refractivity contribution in [2.24, 2.45) is 4.99 Å². The number of methoxy groups -OCH3 is 1. The SMILES string of the molecule is CCNC(=NCC(C)(C)OC)NCC(C)(C)c1ccc2c(c1)OCO2. The number of rotatable bonds is 7. The molecule has 0 atom stereocenters. The molecule has 1 aliphatic heterocycles. The van der Waals surface area contributed by atoms with Crippen LogP contribution in [0, 0.1) is 0 Å². The van der Waals surface area contributed by atoms with E-state index in [0.29, 0.717) is 13.3 Å². The van der Waals surface area contributed by atoms with Gasteiger partial charge in [0.1, 0.15) is 0 Å². The second-order valence-corrected chi connectivity index (χ2v) is 7.46. The van der Waals surface area contributed by atoms with Crippen molar-refractivity contribution >= 4 is 5.96 Å². The summed E-state index contributed by atoms with van der Waals surface area (Å²) in [6.45, 7) is 12.9. The number of nitrogens with zero attached hydrogens (tertiary/aromatic N) is 1. The van der Waals surface area contributed by atoms with E-state index in [2.05, 4.69) is 48.5 Å². The van der Waals surface area contributed by atoms with Gasteiger partial charge in [0, 0.05) is 25.6 Å². The summed E-state index contributed by atoms with van der Waals surface area (Å²) in [4.78, 5) is 4.64. The van der Waals surface area contributed by atoms with Crippen molar-refractivity contribution in [1.29, 1.82) is 0 Å². The van der Waals surface area contributed by atoms with Crippen LogP contribution in [0.4, 0.5) is 0 Å². The minimum atomic E-state index is -0.283. The van der Waals surface area contributed by atoms with Gasteiger partial charge in [-0.1, -0.05) is 19.9 Å². The van der Waals surface area contributed by atoms with Gasteiger partial charge < -0.3 is 24.8 Å². The third-order valence-electron chi connectivity index (χ3n) is 4.37. The number of benzene rings is 1. The van der Waals surface area contributed by atoms with E-state index in [1.54, 1.807) is 7.11 Å². The third kappa shape index (κ3) is 5.26. The lowest BCUT2D eigenvalue weighted by atomic mass is 9.84. The molecule has 0 fully saturated rings. The van der Waals surface area contributed by atoms with E-state index in [-0.39, 0.29) is 11.0 Å². The van der Waals surface area contributed by atoms with Gasteiger partial charge in [0.2, 0.25) is 6.79 Å². The fourth-order valence-corrected chi connectivity index (χ4v) is 2.40. The van der Waals surface area contributed by atoms with Crippen LogP contribution in [0.15, 0.2) is 23.2 Å². The smallest absolute Gasteiger partial charge is 0.231 e. The van der Waals surface area contributed by atoms with Crippen LogP contribution in [0.2, 0.25) is 0 Å². The molecule has 0 radical (unpaired) electrons. The molecule has 25 heavy (non-hydrogen) atoms. The first-order valence-corrected chi connectivity index (χ1v) is 8.75. The topological polar surface area (TPSA) is 64.1 Å². The monoisotopic (exact) mass is 349 g/mol. The Labute approximate surface area is 151 Å². The maximum absolute atomic E-state index is 5.49. The quantitative estimate of drug-likeness (QED) is 0.585. The molecule has 1 aliphatic rings. The molecule has 0 bridgehead atoms. The molecule has 0 saturated heterocycles. The maximum atomic E-state index is 5.49. The second-order valence-electron chi connectivity index (χ2n) is 7.46. The Hall–Kier alpha value is -1.95. The van der Waals surface area contributed by atoms with Crippen LogP contribution < -0.4 is 20.1 Å². The lowest BCUT2D eigenvalue weighted by Gasteiger charge is -2.27. The lowest BCUT2D eigenvalue weighted by molar-refractivity contribution is 0.0310. The summed E-state index contributed by atoms with van der Waals surface area (Å²) in [5.74, 6) is 2.42. The van der Waals surface area contributed by atoms with E-state index >= 15 is 0 Å². The Bertz CT molecular complexity index is 612. The Kier molecular flexibility index (Phi) is 6.16. The van der Waals surface area contributed by atoms with Crippen molar-refractivity contribution in [2.45, 2.75) is 45.6 Å². The van der Waals surface area contributed by atoms with Gasteiger partial charge in [-0.15, -0.1) is 0 Å². The standard InChI is InChI=1S/C19H31N3O3/c1-7-20-17(22-12-19(4,5)23-6)21-11-18(2,3)14-8-9-15-16(10-14)25-13-24-15/h8-10H,7,11-13H2,1-6H3,(H2,20,21,22). The molecule has 2 rings (SSSR count). The van der Waals surface area contributed by atoms with Gasteiger partial charge in [-0.05, 0) is 38.5 Å². The molecule has 6 nitrogen and oxygen atoms in total. The average Bonchev–Trinajstić information content (AvgIpc) is 3.05. The largest absolute Gasteiger partial charge is 0.454 e. The van der Waals surface area contributed by atoms with Crippen molar-refractivity contribution in [3.05, 3.63) is 23.8 Å². The number of hydrogen-bond donors (Lipinski definition) is 2. The minimum absolute atomic E-state index is 0.0893. The zero-order chi connectivity index (χ0) is 18.5. The van der Waals surface area contributed by atoms with Crippen molar-refractivity contribution < 1.29 is 14.2 Å². The van der Waals surface area contributed by atoms with Crippen molar-refractivity contribution in [2.75, 3.05) is 33.5 Å². The first-order chi connectivity index (χ1) is 11.8. The van der Waals surface area contributed by atoms with Gasteiger partial charge >= 0.3 is 0 Å². The predicted molar refractivity (Wildman–Crippen MR) is 101 cm³/mol. The number of hydrogen-bond acceptors (Lipinski definition) is 4. The van der Waals surface area contributed by atoms with E-state index in [4.69, 9.17) is 14.2 Å². The van der Waals surface area contributed by atoms with Crippen LogP contribution in [0.1, 0.15) is 40.2 Å². The van der Waals surface area contributed by atoms with Gasteiger partial charge in [-0.25, -0.2) is 0 Å². The first kappa shape index (κ1) is 19.4. The van der Waals surface area contributed by atoms with Crippen LogP contribution in [0.3, 0.4) is 0 Å². The summed E-state index contributed by atoms with van der Waals surface area (Å²) in [5.41, 5.74) is 0.820. The van der Waals surface area contributed by atoms with Crippen molar-refractivity contribution in [3.63, 3.8) is 0 Å². The maximum Gasteiger partial charge on any atom is 0.231 e. The van der Waals surface area contributed by atoms with Crippen LogP contribution in [-0.4, -0.2) is 45.1 Å². The highest BCUT2D eigenvalue weighted by molar-refractivity contribution is 5.79. The van der Waals surface area contributed by atoms with Gasteiger partial charge in [0.25, 0.3) is 0 Å². The van der Waals surface area contributed by atoms with Crippen molar-refractivity contribution in [1.82, 2.24) is 10.6 Å². The molecule has 1 aromatic rings. The number of nitrogens with one attached hydrogen (secondary N) is 2. The Morgan fingerprint density at radius 1 is 1.16 bits per heavy atom. The molecule has 1 aromatic carbocycles. The average molecular weight is 349 g/mol. The molecule has 0 aliphatic carbocycles. The lowest BCUT2D eigenvalue weighted by Crippen LogP contribution is -2.44. The normalized spacial score (nSPS) is 14.6. The van der Waals surface area contributed by atoms with Crippen LogP contribution in [-0.2, 0) is 10.2 Å². The predicted octanol–water partition coefficient (Wildman–Crippen LogP) is 2.67. The zero-order valence-corrected chi connectivity index (χ0v) is 16.2. The van der Waals surface area contributed by atoms with Gasteiger partial charge in [0.05, 0.1) is 12.1 Å². The summed E-state index contributed by atoms with van der Waals surface area (Å²) in [6.07, 6.45) is 0. The van der Waals surface area contributed by atoms with Crippen molar-refractivity contribution in [3.8, 4) is 11.5 Å². The molecule has 0 amide bonds. The molecule has 0 saturated carbocycles. The van der Waals surface area contributed by atoms with Crippen LogP contribution in [0.25, 0.3) is 0 Å². The Morgan fingerprint density at radius 3 is 2.56 bits per heavy atom. The molecule has 0 spiro atoms. The molecular formula is C19H31N3O3. The third-order valence-corrected chi connectivity index (χ3v) is 4.37. The van der Waals surface area contributed by atoms with E-state index in [1.165, 1.54) is 5.56 Å². The molecule has 0 unspecified atom stereocenters. The summed E-state index contributed by atoms with van der Waals surface area (Å²) in [6, 6.07) is 6.12. The summed E-state index contributed by atoms with van der Waals surface area (Å²) in [7, 11) is 1.71. The van der Waals surface area contributed by atoms with E-state index in [1.807, 2.05) is 19.9 Å². The van der Waals surface area contributed by atoms with E-state index in [9.17, 15) is 0 Å². The highest BCUT2D eigenvalue weighted by Crippen LogP contribution is 2.36. The zero-order valence-electron chi connectivity index (χ0n) is 16.2. The number of aliphatic imine (C=N–C) groups is 1. The van der Waals surface area contributed by atoms with Crippen LogP contribution >= 0.6 is 0 Å². The second kappa shape index (κ2) is 7.95. The fraction of sp³-hybridized carbons (Fsp3) is 0.632. The molecule has 140 valence electrons. The summed E-state index contributed by atoms with van der Waals surface area (Å²) in [5, 5.41) is 6.72. The summed E-state index contributed by atoms with van der Waals surface area (Å²) >= 11 is 0. The highest BCUT2D eigenvalue weighted by atomic mass is 16.7. The Balaban J connectivity index is 2.04. The molecule has 0 aromatic heterocycles. The number of fused-ring (bicyclic) bond motifs is 1. The van der Waals surface area contributed by atoms with Gasteiger partial charge in [-0.3, -0.25) is 4.99 Å². The molecular weight excluding hydrogens is 318 g/mol. The number of guanidine groups is 1.